The van der Waals surface area contributed by atoms with E-state index < -0.39 is 36.3 Å². The van der Waals surface area contributed by atoms with Crippen LogP contribution >= 0.6 is 9.24 Å². The molecule has 1 aliphatic heterocycles. The topological polar surface area (TPSA) is 95.7 Å². The molecule has 0 bridgehead atoms. The number of aromatic nitrogens is 2. The number of aryl methyl sites for hydroxylation is 2. The zero-order valence-corrected chi connectivity index (χ0v) is 18.1. The van der Waals surface area contributed by atoms with Gasteiger partial charge >= 0.3 is 0 Å². The van der Waals surface area contributed by atoms with Gasteiger partial charge in [-0.1, -0.05) is 24.3 Å². The Bertz CT molecular complexity index is 844. The summed E-state index contributed by atoms with van der Waals surface area (Å²) in [7, 11) is 2.24. The number of rotatable bonds is 3. The van der Waals surface area contributed by atoms with E-state index in [4.69, 9.17) is 4.74 Å². The molecule has 29 heavy (non-hydrogen) atoms. The fourth-order valence-corrected chi connectivity index (χ4v) is 3.25. The molecule has 158 valence electrons. The van der Waals surface area contributed by atoms with Gasteiger partial charge in [-0.3, -0.25) is 0 Å². The number of benzene rings is 1. The standard InChI is InChI=1S/C12H16FO4P.C9H12N2/c1-5-9(14)11(16)12(17-5)10(15)6-2-3-8(18)7(13)4-6;1-4-5-9-7(2)10-6-11-8(9)3/h2-5,9-12,14-16H,18H2,1H3;4-6H,1-3H3/b;5-4-. The predicted octanol–water partition coefficient (Wildman–Crippen LogP) is 2.00. The van der Waals surface area contributed by atoms with E-state index in [0.717, 1.165) is 17.0 Å². The predicted molar refractivity (Wildman–Crippen MR) is 113 cm³/mol. The van der Waals surface area contributed by atoms with Crippen LogP contribution in [0.1, 0.15) is 42.5 Å². The summed E-state index contributed by atoms with van der Waals surface area (Å²) in [6.45, 7) is 7.58. The molecular formula is C21H28FN2O4P. The quantitative estimate of drug-likeness (QED) is 0.655. The van der Waals surface area contributed by atoms with Crippen molar-refractivity contribution in [3.63, 3.8) is 0 Å². The van der Waals surface area contributed by atoms with E-state index in [-0.39, 0.29) is 0 Å². The number of halogens is 1. The van der Waals surface area contributed by atoms with Crippen LogP contribution in [0.4, 0.5) is 4.39 Å². The summed E-state index contributed by atoms with van der Waals surface area (Å²) in [5.41, 5.74) is 3.52. The molecule has 1 saturated heterocycles. The molecule has 0 amide bonds. The fraction of sp³-hybridized carbons (Fsp3) is 0.429. The van der Waals surface area contributed by atoms with Gasteiger partial charge in [0.15, 0.2) is 0 Å². The van der Waals surface area contributed by atoms with E-state index in [1.54, 1.807) is 19.3 Å². The monoisotopic (exact) mass is 422 g/mol. The van der Waals surface area contributed by atoms with Gasteiger partial charge in [0.1, 0.15) is 36.6 Å². The van der Waals surface area contributed by atoms with Gasteiger partial charge in [0.25, 0.3) is 0 Å². The lowest BCUT2D eigenvalue weighted by Crippen LogP contribution is -2.35. The van der Waals surface area contributed by atoms with Crippen molar-refractivity contribution in [2.75, 3.05) is 0 Å². The van der Waals surface area contributed by atoms with Crippen LogP contribution in [0.25, 0.3) is 6.08 Å². The molecule has 2 heterocycles. The van der Waals surface area contributed by atoms with Gasteiger partial charge in [0.05, 0.1) is 6.10 Å². The molecule has 0 spiro atoms. The van der Waals surface area contributed by atoms with Crippen molar-refractivity contribution >= 4 is 20.6 Å². The van der Waals surface area contributed by atoms with Gasteiger partial charge in [-0.25, -0.2) is 14.4 Å². The number of allylic oxidation sites excluding steroid dienone is 1. The fourth-order valence-electron chi connectivity index (χ4n) is 3.07. The average Bonchev–Trinajstić information content (AvgIpc) is 2.94. The van der Waals surface area contributed by atoms with E-state index >= 15 is 0 Å². The minimum atomic E-state index is -1.19. The number of aliphatic hydroxyl groups excluding tert-OH is 3. The molecule has 1 aromatic heterocycles. The van der Waals surface area contributed by atoms with Crippen LogP contribution in [0.2, 0.25) is 0 Å². The van der Waals surface area contributed by atoms with Crippen LogP contribution in [0.15, 0.2) is 30.6 Å². The van der Waals surface area contributed by atoms with Gasteiger partial charge in [0, 0.05) is 22.3 Å². The lowest BCUT2D eigenvalue weighted by Gasteiger charge is -2.21. The molecule has 6 unspecified atom stereocenters. The van der Waals surface area contributed by atoms with Crippen molar-refractivity contribution in [3.05, 3.63) is 58.9 Å². The van der Waals surface area contributed by atoms with Gasteiger partial charge < -0.3 is 20.1 Å². The first kappa shape index (κ1) is 23.5. The Labute approximate surface area is 172 Å². The summed E-state index contributed by atoms with van der Waals surface area (Å²) in [6.07, 6.45) is 0.695. The third kappa shape index (κ3) is 5.65. The van der Waals surface area contributed by atoms with Crippen LogP contribution < -0.4 is 5.30 Å². The van der Waals surface area contributed by atoms with Gasteiger partial charge in [-0.05, 0) is 39.3 Å². The Balaban J connectivity index is 0.000000234. The second kappa shape index (κ2) is 10.3. The molecule has 1 fully saturated rings. The van der Waals surface area contributed by atoms with Gasteiger partial charge in [0.2, 0.25) is 0 Å². The van der Waals surface area contributed by atoms with Gasteiger partial charge in [-0.15, -0.1) is 9.24 Å². The first-order valence-corrected chi connectivity index (χ1v) is 9.90. The van der Waals surface area contributed by atoms with E-state index in [9.17, 15) is 19.7 Å². The number of hydrogen-bond acceptors (Lipinski definition) is 6. The molecule has 8 heteroatoms. The van der Waals surface area contributed by atoms with E-state index in [1.165, 1.54) is 12.1 Å². The van der Waals surface area contributed by atoms with Gasteiger partial charge in [-0.2, -0.15) is 0 Å². The highest BCUT2D eigenvalue weighted by Gasteiger charge is 2.44. The minimum absolute atomic E-state index is 0.309. The first-order chi connectivity index (χ1) is 13.7. The van der Waals surface area contributed by atoms with Crippen molar-refractivity contribution in [1.82, 2.24) is 9.97 Å². The Morgan fingerprint density at radius 2 is 1.79 bits per heavy atom. The maximum atomic E-state index is 13.4. The maximum absolute atomic E-state index is 13.4. The van der Waals surface area contributed by atoms with Crippen LogP contribution in [0.3, 0.4) is 0 Å². The molecule has 0 saturated carbocycles. The molecule has 3 N–H and O–H groups in total. The molecule has 1 aromatic carbocycles. The number of nitrogens with zero attached hydrogens (tertiary/aromatic N) is 2. The highest BCUT2D eigenvalue weighted by Crippen LogP contribution is 2.31. The highest BCUT2D eigenvalue weighted by atomic mass is 31.0. The van der Waals surface area contributed by atoms with Crippen LogP contribution in [0, 0.1) is 19.7 Å². The molecule has 0 radical (unpaired) electrons. The van der Waals surface area contributed by atoms with Crippen LogP contribution in [0.5, 0.6) is 0 Å². The third-order valence-electron chi connectivity index (χ3n) is 4.83. The third-order valence-corrected chi connectivity index (χ3v) is 5.30. The number of aliphatic hydroxyl groups is 3. The Morgan fingerprint density at radius 3 is 2.28 bits per heavy atom. The Kier molecular flexibility index (Phi) is 8.37. The molecular weight excluding hydrogens is 394 g/mol. The maximum Gasteiger partial charge on any atom is 0.130 e. The summed E-state index contributed by atoms with van der Waals surface area (Å²) in [4.78, 5) is 8.19. The zero-order chi connectivity index (χ0) is 21.7. The second-order valence-corrected chi connectivity index (χ2v) is 7.59. The summed E-state index contributed by atoms with van der Waals surface area (Å²) in [6, 6.07) is 4.26. The first-order valence-electron chi connectivity index (χ1n) is 9.32. The van der Waals surface area contributed by atoms with Crippen molar-refractivity contribution in [2.45, 2.75) is 58.2 Å². The summed E-state index contributed by atoms with van der Waals surface area (Å²) >= 11 is 0. The zero-order valence-electron chi connectivity index (χ0n) is 17.0. The smallest absolute Gasteiger partial charge is 0.130 e. The molecule has 0 aliphatic carbocycles. The normalized spacial score (nSPS) is 25.0. The van der Waals surface area contributed by atoms with Crippen molar-refractivity contribution in [1.29, 1.82) is 0 Å². The molecule has 2 aromatic rings. The SMILES string of the molecule is C/C=C\c1c(C)ncnc1C.CC1OC(C(O)c2ccc(P)c(F)c2)C(O)C1O. The van der Waals surface area contributed by atoms with Crippen molar-refractivity contribution in [2.24, 2.45) is 0 Å². The van der Waals surface area contributed by atoms with Crippen LogP contribution in [-0.4, -0.2) is 49.7 Å². The van der Waals surface area contributed by atoms with E-state index in [1.807, 2.05) is 32.9 Å². The van der Waals surface area contributed by atoms with Crippen molar-refractivity contribution in [3.8, 4) is 0 Å². The van der Waals surface area contributed by atoms with Crippen LogP contribution in [-0.2, 0) is 4.74 Å². The van der Waals surface area contributed by atoms with E-state index in [0.29, 0.717) is 10.9 Å². The second-order valence-electron chi connectivity index (χ2n) is 6.97. The Hall–Kier alpha value is -1.76. The number of hydrogen-bond donors (Lipinski definition) is 3. The molecule has 1 aliphatic rings. The molecule has 6 nitrogen and oxygen atoms in total. The lowest BCUT2D eigenvalue weighted by molar-refractivity contribution is -0.0636. The highest BCUT2D eigenvalue weighted by molar-refractivity contribution is 7.27. The average molecular weight is 422 g/mol. The summed E-state index contributed by atoms with van der Waals surface area (Å²) in [5, 5.41) is 29.8. The summed E-state index contributed by atoms with van der Waals surface area (Å²) in [5.74, 6) is -0.461. The molecule has 6 atom stereocenters. The van der Waals surface area contributed by atoms with E-state index in [2.05, 4.69) is 19.2 Å². The molecule has 3 rings (SSSR count). The number of ether oxygens (including phenoxy) is 1. The summed E-state index contributed by atoms with van der Waals surface area (Å²) < 4.78 is 18.7. The largest absolute Gasteiger partial charge is 0.388 e. The Morgan fingerprint density at radius 1 is 1.17 bits per heavy atom. The minimum Gasteiger partial charge on any atom is -0.388 e. The lowest BCUT2D eigenvalue weighted by atomic mass is 9.98. The van der Waals surface area contributed by atoms with Crippen molar-refractivity contribution < 1.29 is 24.4 Å².